The van der Waals surface area contributed by atoms with Crippen molar-refractivity contribution in [3.63, 3.8) is 0 Å². The van der Waals surface area contributed by atoms with E-state index >= 15 is 0 Å². The average Bonchev–Trinajstić information content (AvgIpc) is 3.41. The summed E-state index contributed by atoms with van der Waals surface area (Å²) in [6.07, 6.45) is 1.98. The molecule has 0 bridgehead atoms. The van der Waals surface area contributed by atoms with Gasteiger partial charge in [0.25, 0.3) is 0 Å². The lowest BCUT2D eigenvalue weighted by atomic mass is 9.98. The average molecular weight is 644 g/mol. The van der Waals surface area contributed by atoms with Crippen LogP contribution in [0.25, 0.3) is 0 Å². The van der Waals surface area contributed by atoms with Gasteiger partial charge in [0.2, 0.25) is 17.7 Å². The number of aliphatic hydroxyl groups excluding tert-OH is 1. The molecule has 2 aromatic rings. The van der Waals surface area contributed by atoms with Gasteiger partial charge in [0.05, 0.1) is 29.9 Å². The van der Waals surface area contributed by atoms with Gasteiger partial charge in [-0.15, -0.1) is 0 Å². The number of aromatic nitrogens is 2. The van der Waals surface area contributed by atoms with Crippen molar-refractivity contribution in [3.05, 3.63) is 54.1 Å². The second kappa shape index (κ2) is 17.8. The molecule has 8 N–H and O–H groups in total. The van der Waals surface area contributed by atoms with E-state index in [1.807, 2.05) is 58.0 Å². The van der Waals surface area contributed by atoms with E-state index in [1.165, 1.54) is 17.1 Å². The summed E-state index contributed by atoms with van der Waals surface area (Å²) in [6, 6.07) is 5.94. The van der Waals surface area contributed by atoms with Gasteiger partial charge in [-0.1, -0.05) is 58.0 Å². The highest BCUT2D eigenvalue weighted by atomic mass is 16.6. The standard InChI is InChI=1S/C33H53N7O6/c1-20(2)13-24(34)29(42)36-17-28(41)26(14-21(3)4)38-30(43)27(39-32(45)46-33(5,6)7)16-23-18-40(19-37-23)31(44)25(35)15-22-11-9-8-10-12-22/h8-12,18-21,24-28,41H,13-17,34-35H2,1-7H3,(H,36,42)(H,38,43)(H,39,45)/t24-,25+,26+,27+,28?/m1/s1. The third kappa shape index (κ3) is 13.7. The number of amides is 3. The van der Waals surface area contributed by atoms with Gasteiger partial charge in [0.15, 0.2) is 0 Å². The zero-order valence-corrected chi connectivity index (χ0v) is 28.2. The highest BCUT2D eigenvalue weighted by Crippen LogP contribution is 2.13. The van der Waals surface area contributed by atoms with Gasteiger partial charge >= 0.3 is 6.09 Å². The van der Waals surface area contributed by atoms with Crippen molar-refractivity contribution in [2.75, 3.05) is 6.54 Å². The number of alkyl carbamates (subject to hydrolysis) is 1. The molecule has 0 aliphatic rings. The van der Waals surface area contributed by atoms with E-state index in [0.29, 0.717) is 25.0 Å². The fraction of sp³-hybridized carbons (Fsp3) is 0.606. The van der Waals surface area contributed by atoms with Gasteiger partial charge in [-0.05, 0) is 57.4 Å². The molecule has 3 amide bonds. The molecule has 1 aromatic heterocycles. The Hall–Kier alpha value is -3.81. The Morgan fingerprint density at radius 2 is 1.54 bits per heavy atom. The molecule has 2 rings (SSSR count). The molecule has 0 spiro atoms. The molecule has 13 nitrogen and oxygen atoms in total. The quantitative estimate of drug-likeness (QED) is 0.158. The number of carbonyl (C=O) groups excluding carboxylic acids is 4. The van der Waals surface area contributed by atoms with Crippen LogP contribution < -0.4 is 27.4 Å². The first-order chi connectivity index (χ1) is 21.4. The Balaban J connectivity index is 2.19. The minimum atomic E-state index is -1.16. The topological polar surface area (TPSA) is 204 Å². The fourth-order valence-electron chi connectivity index (χ4n) is 4.80. The summed E-state index contributed by atoms with van der Waals surface area (Å²) < 4.78 is 6.65. The van der Waals surface area contributed by atoms with Gasteiger partial charge in [0.1, 0.15) is 18.0 Å². The number of ether oxygens (including phenoxy) is 1. The molecule has 0 saturated heterocycles. The fourth-order valence-corrected chi connectivity index (χ4v) is 4.80. The van der Waals surface area contributed by atoms with E-state index < -0.39 is 47.9 Å². The number of benzene rings is 1. The maximum Gasteiger partial charge on any atom is 0.408 e. The lowest BCUT2D eigenvalue weighted by molar-refractivity contribution is -0.125. The Bertz CT molecular complexity index is 1270. The third-order valence-electron chi connectivity index (χ3n) is 6.99. The van der Waals surface area contributed by atoms with E-state index in [4.69, 9.17) is 16.2 Å². The third-order valence-corrected chi connectivity index (χ3v) is 6.99. The van der Waals surface area contributed by atoms with E-state index in [1.54, 1.807) is 20.8 Å². The van der Waals surface area contributed by atoms with E-state index in [9.17, 15) is 24.3 Å². The van der Waals surface area contributed by atoms with Crippen molar-refractivity contribution in [1.82, 2.24) is 25.5 Å². The SMILES string of the molecule is CC(C)C[C@@H](N)C(=O)NCC(O)[C@H](CC(C)C)NC(=O)[C@H](Cc1cn(C(=O)[C@@H](N)Cc2ccccc2)cn1)NC(=O)OC(C)(C)C. The number of aliphatic hydroxyl groups is 1. The second-order valence-corrected chi connectivity index (χ2v) is 13.6. The van der Waals surface area contributed by atoms with Gasteiger partial charge in [-0.25, -0.2) is 9.78 Å². The molecular weight excluding hydrogens is 590 g/mol. The largest absolute Gasteiger partial charge is 0.444 e. The Kier molecular flexibility index (Phi) is 14.8. The summed E-state index contributed by atoms with van der Waals surface area (Å²) in [4.78, 5) is 56.1. The van der Waals surface area contributed by atoms with Crippen LogP contribution in [0, 0.1) is 11.8 Å². The molecule has 46 heavy (non-hydrogen) atoms. The van der Waals surface area contributed by atoms with E-state index in [0.717, 1.165) is 5.56 Å². The second-order valence-electron chi connectivity index (χ2n) is 13.6. The number of imidazole rings is 1. The van der Waals surface area contributed by atoms with Gasteiger partial charge in [-0.2, -0.15) is 0 Å². The molecule has 1 unspecified atom stereocenters. The van der Waals surface area contributed by atoms with Crippen molar-refractivity contribution in [3.8, 4) is 0 Å². The minimum Gasteiger partial charge on any atom is -0.444 e. The van der Waals surface area contributed by atoms with Gasteiger partial charge in [-0.3, -0.25) is 19.0 Å². The molecule has 0 aliphatic carbocycles. The lowest BCUT2D eigenvalue weighted by Crippen LogP contribution is -2.56. The smallest absolute Gasteiger partial charge is 0.408 e. The molecule has 1 aromatic carbocycles. The van der Waals surface area contributed by atoms with Crippen LogP contribution in [0.3, 0.4) is 0 Å². The predicted octanol–water partition coefficient (Wildman–Crippen LogP) is 1.91. The Labute approximate surface area is 272 Å². The highest BCUT2D eigenvalue weighted by Gasteiger charge is 2.30. The summed E-state index contributed by atoms with van der Waals surface area (Å²) in [5.74, 6) is -1.05. The number of nitrogens with two attached hydrogens (primary N) is 2. The summed E-state index contributed by atoms with van der Waals surface area (Å²) in [6.45, 7) is 12.8. The van der Waals surface area contributed by atoms with Crippen LogP contribution >= 0.6 is 0 Å². The van der Waals surface area contributed by atoms with Crippen LogP contribution in [0.15, 0.2) is 42.9 Å². The molecule has 0 fully saturated rings. The van der Waals surface area contributed by atoms with Crippen LogP contribution in [-0.2, 0) is 27.2 Å². The van der Waals surface area contributed by atoms with Crippen molar-refractivity contribution in [2.45, 2.75) is 110 Å². The van der Waals surface area contributed by atoms with Crippen molar-refractivity contribution in [1.29, 1.82) is 0 Å². The molecule has 1 heterocycles. The van der Waals surface area contributed by atoms with Crippen LogP contribution in [0.4, 0.5) is 4.79 Å². The maximum absolute atomic E-state index is 13.6. The van der Waals surface area contributed by atoms with Crippen LogP contribution in [0.1, 0.15) is 77.4 Å². The molecule has 0 saturated carbocycles. The Morgan fingerprint density at radius 3 is 2.13 bits per heavy atom. The van der Waals surface area contributed by atoms with Crippen molar-refractivity contribution < 1.29 is 29.0 Å². The Morgan fingerprint density at radius 1 is 0.913 bits per heavy atom. The zero-order valence-electron chi connectivity index (χ0n) is 28.2. The lowest BCUT2D eigenvalue weighted by Gasteiger charge is -2.29. The molecule has 13 heteroatoms. The van der Waals surface area contributed by atoms with Gasteiger partial charge < -0.3 is 37.3 Å². The summed E-state index contributed by atoms with van der Waals surface area (Å²) in [5.41, 5.74) is 12.6. The molecule has 0 aliphatic heterocycles. The zero-order chi connectivity index (χ0) is 34.6. The number of nitrogens with one attached hydrogen (secondary N) is 3. The summed E-state index contributed by atoms with van der Waals surface area (Å²) >= 11 is 0. The minimum absolute atomic E-state index is 0.0788. The summed E-state index contributed by atoms with van der Waals surface area (Å²) in [7, 11) is 0. The number of hydrogen-bond acceptors (Lipinski definition) is 9. The molecular formula is C33H53N7O6. The monoisotopic (exact) mass is 643 g/mol. The molecule has 0 radical (unpaired) electrons. The normalized spacial score (nSPS) is 15.0. The summed E-state index contributed by atoms with van der Waals surface area (Å²) in [5, 5.41) is 19.1. The van der Waals surface area contributed by atoms with Crippen molar-refractivity contribution >= 4 is 23.8 Å². The number of hydrogen-bond donors (Lipinski definition) is 6. The van der Waals surface area contributed by atoms with Gasteiger partial charge in [0, 0.05) is 19.2 Å². The van der Waals surface area contributed by atoms with E-state index in [2.05, 4.69) is 20.9 Å². The van der Waals surface area contributed by atoms with Crippen molar-refractivity contribution in [2.24, 2.45) is 23.3 Å². The first-order valence-corrected chi connectivity index (χ1v) is 15.8. The predicted molar refractivity (Wildman–Crippen MR) is 176 cm³/mol. The highest BCUT2D eigenvalue weighted by molar-refractivity contribution is 5.87. The number of carbonyl (C=O) groups is 4. The van der Waals surface area contributed by atoms with Crippen LogP contribution in [0.2, 0.25) is 0 Å². The first-order valence-electron chi connectivity index (χ1n) is 15.8. The van der Waals surface area contributed by atoms with Crippen LogP contribution in [-0.4, -0.2) is 80.9 Å². The maximum atomic E-state index is 13.6. The number of nitrogens with zero attached hydrogens (tertiary/aromatic N) is 2. The first kappa shape index (κ1) is 38.4. The number of rotatable bonds is 16. The van der Waals surface area contributed by atoms with Crippen LogP contribution in [0.5, 0.6) is 0 Å². The molecule has 5 atom stereocenters. The molecule has 256 valence electrons. The van der Waals surface area contributed by atoms with E-state index in [-0.39, 0.29) is 36.6 Å².